The summed E-state index contributed by atoms with van der Waals surface area (Å²) in [5.41, 5.74) is 9.32. The summed E-state index contributed by atoms with van der Waals surface area (Å²) in [5, 5.41) is 3.54. The van der Waals surface area contributed by atoms with Crippen molar-refractivity contribution in [3.05, 3.63) is 51.2 Å². The highest BCUT2D eigenvalue weighted by atomic mass is 32.1. The average molecular weight is 288 g/mol. The predicted octanol–water partition coefficient (Wildman–Crippen LogP) is 4.23. The van der Waals surface area contributed by atoms with Gasteiger partial charge in [0, 0.05) is 22.0 Å². The molecule has 0 amide bonds. The number of benzene rings is 1. The average Bonchev–Trinajstić information content (AvgIpc) is 2.74. The van der Waals surface area contributed by atoms with E-state index in [1.165, 1.54) is 20.9 Å². The summed E-state index contributed by atoms with van der Waals surface area (Å²) in [6.45, 7) is 8.66. The Morgan fingerprint density at radius 1 is 1.20 bits per heavy atom. The first-order valence-corrected chi connectivity index (χ1v) is 8.00. The molecule has 0 aliphatic heterocycles. The van der Waals surface area contributed by atoms with Crippen molar-refractivity contribution in [1.82, 2.24) is 5.32 Å². The van der Waals surface area contributed by atoms with Gasteiger partial charge in [0.15, 0.2) is 0 Å². The Labute approximate surface area is 126 Å². The second kappa shape index (κ2) is 6.91. The van der Waals surface area contributed by atoms with Gasteiger partial charge in [-0.05, 0) is 62.1 Å². The molecule has 20 heavy (non-hydrogen) atoms. The Morgan fingerprint density at radius 3 is 2.50 bits per heavy atom. The first-order chi connectivity index (χ1) is 9.56. The molecule has 2 aromatic rings. The van der Waals surface area contributed by atoms with Crippen molar-refractivity contribution in [3.63, 3.8) is 0 Å². The SMILES string of the molecule is Cc1cc(CNCCC(C)c2ccc(N)cc2)sc1C. The zero-order chi connectivity index (χ0) is 14.5. The molecule has 0 aliphatic carbocycles. The fourth-order valence-electron chi connectivity index (χ4n) is 2.26. The van der Waals surface area contributed by atoms with E-state index in [2.05, 4.69) is 44.3 Å². The normalized spacial score (nSPS) is 12.6. The van der Waals surface area contributed by atoms with Gasteiger partial charge in [0.05, 0.1) is 0 Å². The largest absolute Gasteiger partial charge is 0.399 e. The second-order valence-corrected chi connectivity index (χ2v) is 6.83. The van der Waals surface area contributed by atoms with E-state index >= 15 is 0 Å². The van der Waals surface area contributed by atoms with Gasteiger partial charge >= 0.3 is 0 Å². The number of nitrogen functional groups attached to an aromatic ring is 1. The summed E-state index contributed by atoms with van der Waals surface area (Å²) in [7, 11) is 0. The van der Waals surface area contributed by atoms with Crippen molar-refractivity contribution in [2.24, 2.45) is 0 Å². The molecule has 0 spiro atoms. The van der Waals surface area contributed by atoms with Crippen LogP contribution in [0.2, 0.25) is 0 Å². The molecule has 0 radical (unpaired) electrons. The van der Waals surface area contributed by atoms with Crippen LogP contribution in [0.25, 0.3) is 0 Å². The summed E-state index contributed by atoms with van der Waals surface area (Å²) in [6.07, 6.45) is 1.15. The molecule has 0 fully saturated rings. The van der Waals surface area contributed by atoms with E-state index in [9.17, 15) is 0 Å². The van der Waals surface area contributed by atoms with Gasteiger partial charge in [-0.15, -0.1) is 11.3 Å². The molecule has 108 valence electrons. The molecule has 0 saturated heterocycles. The fourth-order valence-corrected chi connectivity index (χ4v) is 3.28. The first-order valence-electron chi connectivity index (χ1n) is 7.18. The predicted molar refractivity (Wildman–Crippen MR) is 89.4 cm³/mol. The van der Waals surface area contributed by atoms with Crippen LogP contribution in [0.1, 0.15) is 40.1 Å². The van der Waals surface area contributed by atoms with Crippen LogP contribution in [0.3, 0.4) is 0 Å². The number of nitrogens with two attached hydrogens (primary N) is 1. The van der Waals surface area contributed by atoms with Crippen molar-refractivity contribution >= 4 is 17.0 Å². The molecule has 3 heteroatoms. The molecule has 1 unspecified atom stereocenters. The Morgan fingerprint density at radius 2 is 1.90 bits per heavy atom. The van der Waals surface area contributed by atoms with Gasteiger partial charge in [0.25, 0.3) is 0 Å². The zero-order valence-corrected chi connectivity index (χ0v) is 13.4. The summed E-state index contributed by atoms with van der Waals surface area (Å²) in [4.78, 5) is 2.86. The fraction of sp³-hybridized carbons (Fsp3) is 0.412. The van der Waals surface area contributed by atoms with Crippen LogP contribution in [0.5, 0.6) is 0 Å². The molecule has 0 aliphatic rings. The van der Waals surface area contributed by atoms with Crippen molar-refractivity contribution in [2.45, 2.75) is 39.7 Å². The third-order valence-corrected chi connectivity index (χ3v) is 4.93. The van der Waals surface area contributed by atoms with Gasteiger partial charge in [-0.3, -0.25) is 0 Å². The van der Waals surface area contributed by atoms with Crippen molar-refractivity contribution in [3.8, 4) is 0 Å². The number of rotatable bonds is 6. The van der Waals surface area contributed by atoms with Crippen LogP contribution in [0.15, 0.2) is 30.3 Å². The van der Waals surface area contributed by atoms with Crippen LogP contribution in [0, 0.1) is 13.8 Å². The molecular formula is C17H24N2S. The van der Waals surface area contributed by atoms with E-state index in [1.807, 2.05) is 23.5 Å². The molecule has 2 rings (SSSR count). The lowest BCUT2D eigenvalue weighted by atomic mass is 9.98. The highest BCUT2D eigenvalue weighted by Gasteiger charge is 2.05. The molecule has 2 nitrogen and oxygen atoms in total. The van der Waals surface area contributed by atoms with E-state index in [-0.39, 0.29) is 0 Å². The minimum atomic E-state index is 0.565. The van der Waals surface area contributed by atoms with Gasteiger partial charge in [-0.2, -0.15) is 0 Å². The first kappa shape index (κ1) is 15.1. The van der Waals surface area contributed by atoms with Gasteiger partial charge in [0.1, 0.15) is 0 Å². The Hall–Kier alpha value is -1.32. The highest BCUT2D eigenvalue weighted by Crippen LogP contribution is 2.21. The van der Waals surface area contributed by atoms with Crippen LogP contribution in [-0.2, 0) is 6.54 Å². The van der Waals surface area contributed by atoms with E-state index in [0.29, 0.717) is 5.92 Å². The van der Waals surface area contributed by atoms with E-state index in [1.54, 1.807) is 0 Å². The van der Waals surface area contributed by atoms with Crippen molar-refractivity contribution < 1.29 is 0 Å². The molecule has 0 saturated carbocycles. The maximum atomic E-state index is 5.72. The number of anilines is 1. The standard InChI is InChI=1S/C17H24N2S/c1-12(15-4-6-16(18)7-5-15)8-9-19-11-17-10-13(2)14(3)20-17/h4-7,10,12,19H,8-9,11,18H2,1-3H3. The Balaban J connectivity index is 1.74. The molecule has 3 N–H and O–H groups in total. The van der Waals surface area contributed by atoms with Crippen LogP contribution < -0.4 is 11.1 Å². The third-order valence-electron chi connectivity index (χ3n) is 3.78. The van der Waals surface area contributed by atoms with Gasteiger partial charge in [0.2, 0.25) is 0 Å². The second-order valence-electron chi connectivity index (χ2n) is 5.49. The van der Waals surface area contributed by atoms with Crippen LogP contribution in [0.4, 0.5) is 5.69 Å². The van der Waals surface area contributed by atoms with E-state index < -0.39 is 0 Å². The topological polar surface area (TPSA) is 38.0 Å². The lowest BCUT2D eigenvalue weighted by Crippen LogP contribution is -2.15. The smallest absolute Gasteiger partial charge is 0.0314 e. The monoisotopic (exact) mass is 288 g/mol. The molecule has 1 atom stereocenters. The number of hydrogen-bond donors (Lipinski definition) is 2. The van der Waals surface area contributed by atoms with Gasteiger partial charge in [-0.1, -0.05) is 19.1 Å². The summed E-state index contributed by atoms with van der Waals surface area (Å²) in [5.74, 6) is 0.565. The van der Waals surface area contributed by atoms with Crippen molar-refractivity contribution in [1.29, 1.82) is 0 Å². The third kappa shape index (κ3) is 4.09. The summed E-state index contributed by atoms with van der Waals surface area (Å²) in [6, 6.07) is 10.5. The Bertz CT molecular complexity index is 523. The quantitative estimate of drug-likeness (QED) is 0.616. The maximum Gasteiger partial charge on any atom is 0.0314 e. The zero-order valence-electron chi connectivity index (χ0n) is 12.6. The molecule has 1 aromatic heterocycles. The summed E-state index contributed by atoms with van der Waals surface area (Å²) < 4.78 is 0. The van der Waals surface area contributed by atoms with Gasteiger partial charge < -0.3 is 11.1 Å². The number of thiophene rings is 1. The van der Waals surface area contributed by atoms with Crippen molar-refractivity contribution in [2.75, 3.05) is 12.3 Å². The number of aryl methyl sites for hydroxylation is 2. The van der Waals surface area contributed by atoms with E-state index in [4.69, 9.17) is 5.73 Å². The minimum Gasteiger partial charge on any atom is -0.399 e. The highest BCUT2D eigenvalue weighted by molar-refractivity contribution is 7.12. The van der Waals surface area contributed by atoms with Crippen LogP contribution in [-0.4, -0.2) is 6.54 Å². The lowest BCUT2D eigenvalue weighted by Gasteiger charge is -2.12. The van der Waals surface area contributed by atoms with Crippen LogP contribution >= 0.6 is 11.3 Å². The maximum absolute atomic E-state index is 5.72. The number of hydrogen-bond acceptors (Lipinski definition) is 3. The molecular weight excluding hydrogens is 264 g/mol. The molecule has 1 heterocycles. The number of nitrogens with one attached hydrogen (secondary N) is 1. The molecule has 0 bridgehead atoms. The lowest BCUT2D eigenvalue weighted by molar-refractivity contribution is 0.597. The summed E-state index contributed by atoms with van der Waals surface area (Å²) >= 11 is 1.89. The van der Waals surface area contributed by atoms with Gasteiger partial charge in [-0.25, -0.2) is 0 Å². The minimum absolute atomic E-state index is 0.565. The molecule has 1 aromatic carbocycles. The van der Waals surface area contributed by atoms with E-state index in [0.717, 1.165) is 25.2 Å². The Kier molecular flexibility index (Phi) is 5.21.